The van der Waals surface area contributed by atoms with E-state index in [0.717, 1.165) is 42.8 Å². The standard InChI is InChI=1S/C26H32Cl2FN3O3S/c1-5-31(6-2)15-7-8-17(3)30-26(33)24-18(4)25(24)32(23-16-20(28)11-14-22(23)29)36(34,35)21-12-9-19(27)10-13-21/h9-14,16-17,24H,5-8,15H2,1-4H3,(H,30,33). The Labute approximate surface area is 223 Å². The second kappa shape index (κ2) is 11.9. The highest BCUT2D eigenvalue weighted by molar-refractivity contribution is 7.93. The number of amides is 1. The van der Waals surface area contributed by atoms with E-state index in [9.17, 15) is 17.6 Å². The van der Waals surface area contributed by atoms with E-state index in [0.29, 0.717) is 10.6 Å². The zero-order valence-electron chi connectivity index (χ0n) is 20.9. The smallest absolute Gasteiger partial charge is 0.268 e. The first-order chi connectivity index (χ1) is 17.0. The Morgan fingerprint density at radius 2 is 1.69 bits per heavy atom. The zero-order chi connectivity index (χ0) is 26.6. The molecule has 0 spiro atoms. The van der Waals surface area contributed by atoms with Crippen LogP contribution in [0, 0.1) is 11.7 Å². The van der Waals surface area contributed by atoms with Gasteiger partial charge in [0.2, 0.25) is 5.91 Å². The number of carbonyl (C=O) groups excluding carboxylic acids is 1. The summed E-state index contributed by atoms with van der Waals surface area (Å²) in [4.78, 5) is 15.4. The highest BCUT2D eigenvalue weighted by atomic mass is 35.5. The van der Waals surface area contributed by atoms with Crippen LogP contribution in [-0.2, 0) is 14.8 Å². The molecule has 6 nitrogen and oxygen atoms in total. The molecule has 1 aliphatic carbocycles. The van der Waals surface area contributed by atoms with Gasteiger partial charge in [-0.15, -0.1) is 0 Å². The van der Waals surface area contributed by atoms with Crippen LogP contribution in [0.15, 0.2) is 58.6 Å². The number of carbonyl (C=O) groups is 1. The van der Waals surface area contributed by atoms with Gasteiger partial charge in [-0.25, -0.2) is 17.1 Å². The normalized spacial score (nSPS) is 16.3. The van der Waals surface area contributed by atoms with Crippen molar-refractivity contribution in [1.29, 1.82) is 0 Å². The van der Waals surface area contributed by atoms with Gasteiger partial charge in [-0.1, -0.05) is 37.0 Å². The summed E-state index contributed by atoms with van der Waals surface area (Å²) >= 11 is 12.0. The van der Waals surface area contributed by atoms with Crippen molar-refractivity contribution in [1.82, 2.24) is 10.2 Å². The van der Waals surface area contributed by atoms with Crippen molar-refractivity contribution in [3.8, 4) is 0 Å². The summed E-state index contributed by atoms with van der Waals surface area (Å²) < 4.78 is 43.2. The molecule has 196 valence electrons. The first-order valence-electron chi connectivity index (χ1n) is 12.0. The topological polar surface area (TPSA) is 69.7 Å². The molecule has 0 saturated carbocycles. The maximum absolute atomic E-state index is 14.9. The van der Waals surface area contributed by atoms with Crippen LogP contribution in [0.4, 0.5) is 10.1 Å². The number of nitrogens with zero attached hydrogens (tertiary/aromatic N) is 2. The van der Waals surface area contributed by atoms with E-state index in [1.54, 1.807) is 6.92 Å². The molecule has 0 heterocycles. The molecule has 2 atom stereocenters. The lowest BCUT2D eigenvalue weighted by Crippen LogP contribution is -2.37. The van der Waals surface area contributed by atoms with E-state index in [4.69, 9.17) is 23.2 Å². The molecule has 0 bridgehead atoms. The second-order valence-electron chi connectivity index (χ2n) is 8.90. The van der Waals surface area contributed by atoms with Gasteiger partial charge in [0.1, 0.15) is 11.7 Å². The Balaban J connectivity index is 1.84. The molecule has 0 fully saturated rings. The fraction of sp³-hybridized carbons (Fsp3) is 0.423. The molecule has 1 N–H and O–H groups in total. The van der Waals surface area contributed by atoms with Crippen molar-refractivity contribution in [3.05, 3.63) is 69.6 Å². The van der Waals surface area contributed by atoms with Crippen LogP contribution < -0.4 is 9.62 Å². The van der Waals surface area contributed by atoms with Crippen molar-refractivity contribution >= 4 is 44.8 Å². The van der Waals surface area contributed by atoms with Crippen LogP contribution >= 0.6 is 23.2 Å². The third-order valence-corrected chi connectivity index (χ3v) is 8.61. The van der Waals surface area contributed by atoms with Gasteiger partial charge in [-0.2, -0.15) is 0 Å². The van der Waals surface area contributed by atoms with E-state index in [1.165, 1.54) is 36.4 Å². The molecule has 0 radical (unpaired) electrons. The van der Waals surface area contributed by atoms with Gasteiger partial charge in [0.05, 0.1) is 16.3 Å². The van der Waals surface area contributed by atoms with Crippen LogP contribution in [0.1, 0.15) is 40.5 Å². The molecule has 2 aromatic rings. The van der Waals surface area contributed by atoms with Crippen molar-refractivity contribution < 1.29 is 17.6 Å². The van der Waals surface area contributed by atoms with Gasteiger partial charge in [-0.3, -0.25) is 4.79 Å². The molecule has 2 aromatic carbocycles. The van der Waals surface area contributed by atoms with Crippen LogP contribution in [-0.4, -0.2) is 44.9 Å². The summed E-state index contributed by atoms with van der Waals surface area (Å²) in [5, 5.41) is 3.52. The highest BCUT2D eigenvalue weighted by Crippen LogP contribution is 2.47. The summed E-state index contributed by atoms with van der Waals surface area (Å²) in [5.74, 6) is -1.86. The third-order valence-electron chi connectivity index (χ3n) is 6.38. The lowest BCUT2D eigenvalue weighted by molar-refractivity contribution is -0.122. The van der Waals surface area contributed by atoms with E-state index >= 15 is 0 Å². The second-order valence-corrected chi connectivity index (χ2v) is 11.6. The van der Waals surface area contributed by atoms with Crippen LogP contribution in [0.3, 0.4) is 0 Å². The average molecular weight is 557 g/mol. The Hall–Kier alpha value is -2.13. The number of hydrogen-bond donors (Lipinski definition) is 1. The minimum Gasteiger partial charge on any atom is -0.353 e. The van der Waals surface area contributed by atoms with Crippen molar-refractivity contribution in [3.63, 3.8) is 0 Å². The molecule has 1 amide bonds. The van der Waals surface area contributed by atoms with E-state index in [2.05, 4.69) is 24.1 Å². The quantitative estimate of drug-likeness (QED) is 0.356. The predicted octanol–water partition coefficient (Wildman–Crippen LogP) is 5.86. The SMILES string of the molecule is CCN(CC)CCCC(C)NC(=O)C1C(C)=C1N(c1cc(Cl)ccc1F)S(=O)(=O)c1ccc(Cl)cc1. The molecule has 3 rings (SSSR count). The maximum atomic E-state index is 14.9. The lowest BCUT2D eigenvalue weighted by atomic mass is 10.1. The highest BCUT2D eigenvalue weighted by Gasteiger charge is 2.48. The number of benzene rings is 2. The largest absolute Gasteiger partial charge is 0.353 e. The number of sulfonamides is 1. The summed E-state index contributed by atoms with van der Waals surface area (Å²) in [7, 11) is -4.27. The average Bonchev–Trinajstić information content (AvgIpc) is 3.49. The van der Waals surface area contributed by atoms with E-state index in [1.807, 2.05) is 6.92 Å². The van der Waals surface area contributed by atoms with E-state index < -0.39 is 21.8 Å². The van der Waals surface area contributed by atoms with E-state index in [-0.39, 0.29) is 33.3 Å². The number of anilines is 1. The maximum Gasteiger partial charge on any atom is 0.268 e. The number of nitrogens with one attached hydrogen (secondary N) is 1. The summed E-state index contributed by atoms with van der Waals surface area (Å²) in [5.41, 5.74) is 0.535. The third kappa shape index (κ3) is 6.40. The first kappa shape index (κ1) is 28.4. The fourth-order valence-electron chi connectivity index (χ4n) is 4.21. The number of halogens is 3. The molecule has 0 aromatic heterocycles. The van der Waals surface area contributed by atoms with Gasteiger partial charge >= 0.3 is 0 Å². The fourth-order valence-corrected chi connectivity index (χ4v) is 6.11. The van der Waals surface area contributed by atoms with Crippen molar-refractivity contribution in [2.75, 3.05) is 23.9 Å². The Morgan fingerprint density at radius 1 is 1.08 bits per heavy atom. The molecule has 0 saturated heterocycles. The summed E-state index contributed by atoms with van der Waals surface area (Å²) in [6, 6.07) is 9.18. The van der Waals surface area contributed by atoms with Gasteiger partial charge < -0.3 is 10.2 Å². The summed E-state index contributed by atoms with van der Waals surface area (Å²) in [6.07, 6.45) is 1.72. The Kier molecular flexibility index (Phi) is 9.44. The number of hydrogen-bond acceptors (Lipinski definition) is 4. The Bertz CT molecular complexity index is 1230. The zero-order valence-corrected chi connectivity index (χ0v) is 23.2. The van der Waals surface area contributed by atoms with Crippen LogP contribution in [0.5, 0.6) is 0 Å². The molecular formula is C26H32Cl2FN3O3S. The monoisotopic (exact) mass is 555 g/mol. The van der Waals surface area contributed by atoms with Gasteiger partial charge in [0.25, 0.3) is 10.0 Å². The molecule has 10 heteroatoms. The first-order valence-corrected chi connectivity index (χ1v) is 14.2. The number of rotatable bonds is 12. The minimum absolute atomic E-state index is 0.0811. The molecular weight excluding hydrogens is 524 g/mol. The van der Waals surface area contributed by atoms with Crippen LogP contribution in [0.25, 0.3) is 0 Å². The lowest BCUT2D eigenvalue weighted by Gasteiger charge is -2.24. The molecule has 0 aliphatic heterocycles. The minimum atomic E-state index is -4.27. The molecule has 2 unspecified atom stereocenters. The van der Waals surface area contributed by atoms with Gasteiger partial charge in [0, 0.05) is 16.1 Å². The Morgan fingerprint density at radius 3 is 2.31 bits per heavy atom. The van der Waals surface area contributed by atoms with Crippen molar-refractivity contribution in [2.24, 2.45) is 5.92 Å². The molecule has 1 aliphatic rings. The summed E-state index contributed by atoms with van der Waals surface area (Å²) in [6.45, 7) is 10.7. The van der Waals surface area contributed by atoms with Crippen LogP contribution in [0.2, 0.25) is 10.0 Å². The predicted molar refractivity (Wildman–Crippen MR) is 143 cm³/mol. The molecule has 36 heavy (non-hydrogen) atoms. The van der Waals surface area contributed by atoms with Crippen molar-refractivity contribution in [2.45, 2.75) is 51.5 Å². The van der Waals surface area contributed by atoms with Gasteiger partial charge in [-0.05, 0) is 94.4 Å². The van der Waals surface area contributed by atoms with Gasteiger partial charge in [0.15, 0.2) is 0 Å².